The van der Waals surface area contributed by atoms with Crippen molar-refractivity contribution in [3.05, 3.63) is 76.9 Å². The van der Waals surface area contributed by atoms with Gasteiger partial charge >= 0.3 is 11.9 Å². The Labute approximate surface area is 204 Å². The van der Waals surface area contributed by atoms with E-state index >= 15 is 0 Å². The second-order valence-electron chi connectivity index (χ2n) is 8.90. The van der Waals surface area contributed by atoms with Crippen molar-refractivity contribution >= 4 is 34.9 Å². The predicted molar refractivity (Wildman–Crippen MR) is 134 cm³/mol. The van der Waals surface area contributed by atoms with Crippen molar-refractivity contribution in [2.45, 2.75) is 25.9 Å². The molecule has 0 bridgehead atoms. The van der Waals surface area contributed by atoms with Gasteiger partial charge in [-0.1, -0.05) is 42.5 Å². The maximum atomic E-state index is 12.1. The Bertz CT molecular complexity index is 1230. The number of nitrogens with one attached hydrogen (secondary N) is 1. The van der Waals surface area contributed by atoms with Crippen LogP contribution in [-0.4, -0.2) is 44.4 Å². The lowest BCUT2D eigenvalue weighted by atomic mass is 9.93. The number of methoxy groups -OCH3 is 1. The van der Waals surface area contributed by atoms with Gasteiger partial charge in [0, 0.05) is 25.6 Å². The van der Waals surface area contributed by atoms with Crippen molar-refractivity contribution in [3.8, 4) is 5.75 Å². The maximum Gasteiger partial charge on any atom is 0.346 e. The fourth-order valence-electron chi connectivity index (χ4n) is 3.88. The molecule has 1 heterocycles. The molecule has 0 radical (unpaired) electrons. The van der Waals surface area contributed by atoms with Crippen LogP contribution in [0.5, 0.6) is 5.75 Å². The molecule has 3 aromatic rings. The number of rotatable bonds is 11. The van der Waals surface area contributed by atoms with Crippen LogP contribution >= 0.6 is 0 Å². The van der Waals surface area contributed by atoms with E-state index in [4.69, 9.17) is 19.0 Å². The highest BCUT2D eigenvalue weighted by molar-refractivity contribution is 6.21. The molecule has 0 aromatic heterocycles. The number of esters is 2. The molecule has 1 aliphatic rings. The SMILES string of the molecule is COCCCNOCC(C)(C)Oc1ccc(/C=C/c2ccc3c4c(cccc24)C(=O)OC3=O)cc1. The van der Waals surface area contributed by atoms with Gasteiger partial charge < -0.3 is 14.2 Å². The molecule has 0 atom stereocenters. The molecule has 0 saturated heterocycles. The van der Waals surface area contributed by atoms with Crippen LogP contribution in [0.4, 0.5) is 0 Å². The van der Waals surface area contributed by atoms with Gasteiger partial charge in [0.1, 0.15) is 18.0 Å². The Balaban J connectivity index is 1.42. The third kappa shape index (κ3) is 5.95. The molecular formula is C28H29NO6. The Morgan fingerprint density at radius 1 is 0.943 bits per heavy atom. The van der Waals surface area contributed by atoms with E-state index in [-0.39, 0.29) is 0 Å². The van der Waals surface area contributed by atoms with E-state index < -0.39 is 17.5 Å². The van der Waals surface area contributed by atoms with Gasteiger partial charge in [-0.25, -0.2) is 15.1 Å². The lowest BCUT2D eigenvalue weighted by Gasteiger charge is -2.26. The molecule has 0 aliphatic carbocycles. The summed E-state index contributed by atoms with van der Waals surface area (Å²) in [5.74, 6) is -0.478. The van der Waals surface area contributed by atoms with Crippen LogP contribution in [0.1, 0.15) is 52.1 Å². The van der Waals surface area contributed by atoms with Crippen LogP contribution in [-0.2, 0) is 14.3 Å². The zero-order valence-corrected chi connectivity index (χ0v) is 20.1. The summed E-state index contributed by atoms with van der Waals surface area (Å²) in [5, 5.41) is 1.47. The molecule has 0 saturated carbocycles. The molecular weight excluding hydrogens is 446 g/mol. The zero-order chi connectivity index (χ0) is 24.8. The van der Waals surface area contributed by atoms with Crippen LogP contribution < -0.4 is 10.2 Å². The smallest absolute Gasteiger partial charge is 0.346 e. The molecule has 0 unspecified atom stereocenters. The topological polar surface area (TPSA) is 83.1 Å². The van der Waals surface area contributed by atoms with E-state index in [1.54, 1.807) is 25.3 Å². The van der Waals surface area contributed by atoms with Gasteiger partial charge in [0.05, 0.1) is 11.1 Å². The first-order chi connectivity index (χ1) is 16.9. The summed E-state index contributed by atoms with van der Waals surface area (Å²) in [6.07, 6.45) is 4.82. The summed E-state index contributed by atoms with van der Waals surface area (Å²) in [6.45, 7) is 5.73. The van der Waals surface area contributed by atoms with Gasteiger partial charge in [-0.15, -0.1) is 0 Å². The van der Waals surface area contributed by atoms with Crippen LogP contribution in [0.3, 0.4) is 0 Å². The first kappa shape index (κ1) is 24.6. The van der Waals surface area contributed by atoms with Crippen molar-refractivity contribution in [2.24, 2.45) is 0 Å². The first-order valence-electron chi connectivity index (χ1n) is 11.5. The summed E-state index contributed by atoms with van der Waals surface area (Å²) in [7, 11) is 1.68. The minimum atomic E-state index is -0.611. The quantitative estimate of drug-likeness (QED) is 0.137. The normalized spacial score (nSPS) is 13.5. The maximum absolute atomic E-state index is 12.1. The summed E-state index contributed by atoms with van der Waals surface area (Å²) in [4.78, 5) is 29.8. The second-order valence-corrected chi connectivity index (χ2v) is 8.90. The van der Waals surface area contributed by atoms with Crippen molar-refractivity contribution in [1.29, 1.82) is 0 Å². The van der Waals surface area contributed by atoms with Crippen molar-refractivity contribution in [2.75, 3.05) is 26.9 Å². The third-order valence-corrected chi connectivity index (χ3v) is 5.58. The Morgan fingerprint density at radius 3 is 2.43 bits per heavy atom. The second kappa shape index (κ2) is 10.8. The van der Waals surface area contributed by atoms with Gasteiger partial charge in [0.2, 0.25) is 0 Å². The van der Waals surface area contributed by atoms with Gasteiger partial charge in [0.25, 0.3) is 0 Å². The third-order valence-electron chi connectivity index (χ3n) is 5.58. The number of hydrogen-bond acceptors (Lipinski definition) is 7. The van der Waals surface area contributed by atoms with E-state index in [1.807, 2.05) is 62.4 Å². The molecule has 0 spiro atoms. The molecule has 1 aliphatic heterocycles. The molecule has 0 fully saturated rings. The molecule has 7 nitrogen and oxygen atoms in total. The van der Waals surface area contributed by atoms with Gasteiger partial charge in [0.15, 0.2) is 0 Å². The van der Waals surface area contributed by atoms with Crippen molar-refractivity contribution < 1.29 is 28.6 Å². The highest BCUT2D eigenvalue weighted by Crippen LogP contribution is 2.32. The van der Waals surface area contributed by atoms with Crippen LogP contribution in [0.25, 0.3) is 22.9 Å². The molecule has 3 aromatic carbocycles. The number of hydrogen-bond donors (Lipinski definition) is 1. The average molecular weight is 476 g/mol. The van der Waals surface area contributed by atoms with Gasteiger partial charge in [-0.3, -0.25) is 4.84 Å². The summed E-state index contributed by atoms with van der Waals surface area (Å²) >= 11 is 0. The summed E-state index contributed by atoms with van der Waals surface area (Å²) in [6, 6.07) is 16.7. The lowest BCUT2D eigenvalue weighted by Crippen LogP contribution is -2.37. The molecule has 0 amide bonds. The van der Waals surface area contributed by atoms with E-state index in [0.29, 0.717) is 36.3 Å². The Hall–Kier alpha value is -3.52. The number of cyclic esters (lactones) is 2. The molecule has 7 heteroatoms. The monoisotopic (exact) mass is 475 g/mol. The summed E-state index contributed by atoms with van der Waals surface area (Å²) < 4.78 is 15.9. The van der Waals surface area contributed by atoms with Crippen molar-refractivity contribution in [3.63, 3.8) is 0 Å². The van der Waals surface area contributed by atoms with E-state index in [9.17, 15) is 9.59 Å². The van der Waals surface area contributed by atoms with E-state index in [1.165, 1.54) is 0 Å². The van der Waals surface area contributed by atoms with Crippen LogP contribution in [0.15, 0.2) is 54.6 Å². The molecule has 4 rings (SSSR count). The Morgan fingerprint density at radius 2 is 1.69 bits per heavy atom. The fraction of sp³-hybridized carbons (Fsp3) is 0.286. The average Bonchev–Trinajstić information content (AvgIpc) is 2.84. The fourth-order valence-corrected chi connectivity index (χ4v) is 3.88. The zero-order valence-electron chi connectivity index (χ0n) is 20.1. The molecule has 182 valence electrons. The molecule has 1 N–H and O–H groups in total. The minimum Gasteiger partial charge on any atom is -0.485 e. The number of hydroxylamine groups is 1. The number of carbonyl (C=O) groups excluding carboxylic acids is 2. The Kier molecular flexibility index (Phi) is 7.60. The van der Waals surface area contributed by atoms with E-state index in [0.717, 1.165) is 28.7 Å². The highest BCUT2D eigenvalue weighted by atomic mass is 16.7. The first-order valence-corrected chi connectivity index (χ1v) is 11.5. The highest BCUT2D eigenvalue weighted by Gasteiger charge is 2.27. The number of carbonyl (C=O) groups is 2. The van der Waals surface area contributed by atoms with Crippen molar-refractivity contribution in [1.82, 2.24) is 5.48 Å². The number of benzene rings is 3. The van der Waals surface area contributed by atoms with Gasteiger partial charge in [-0.05, 0) is 61.0 Å². The van der Waals surface area contributed by atoms with E-state index in [2.05, 4.69) is 5.48 Å². The predicted octanol–water partition coefficient (Wildman–Crippen LogP) is 5.04. The standard InChI is InChI=1S/C28H29NO6/c1-28(2,18-33-29-16-5-17-32-3)35-21-13-9-19(10-14-21)8-11-20-12-15-24-25-22(20)6-4-7-23(25)26(30)34-27(24)31/h4,6-15,29H,5,16-18H2,1-3H3/b11-8+. The molecule has 35 heavy (non-hydrogen) atoms. The van der Waals surface area contributed by atoms with Gasteiger partial charge in [-0.2, -0.15) is 0 Å². The van der Waals surface area contributed by atoms with Crippen LogP contribution in [0.2, 0.25) is 0 Å². The summed E-state index contributed by atoms with van der Waals surface area (Å²) in [5.41, 5.74) is 5.13. The number of ether oxygens (including phenoxy) is 3. The minimum absolute atomic E-state index is 0.392. The van der Waals surface area contributed by atoms with Crippen LogP contribution in [0, 0.1) is 0 Å². The lowest BCUT2D eigenvalue weighted by molar-refractivity contribution is -0.0494. The largest absolute Gasteiger partial charge is 0.485 e.